The summed E-state index contributed by atoms with van der Waals surface area (Å²) in [5.41, 5.74) is 3.81. The summed E-state index contributed by atoms with van der Waals surface area (Å²) in [6.07, 6.45) is -0.554. The van der Waals surface area contributed by atoms with E-state index in [1.165, 1.54) is 0 Å². The molecule has 0 spiro atoms. The molecule has 0 aliphatic carbocycles. The van der Waals surface area contributed by atoms with Crippen LogP contribution in [0.15, 0.2) is 42.5 Å². The summed E-state index contributed by atoms with van der Waals surface area (Å²) in [4.78, 5) is 0. The number of aliphatic hydroxyl groups is 2. The van der Waals surface area contributed by atoms with Crippen molar-refractivity contribution in [2.45, 2.75) is 33.2 Å². The average molecular weight is 272 g/mol. The molecule has 1 atom stereocenters. The molecule has 2 rings (SSSR count). The van der Waals surface area contributed by atoms with E-state index >= 15 is 0 Å². The van der Waals surface area contributed by atoms with Crippen LogP contribution >= 0.6 is 0 Å². The fourth-order valence-corrected chi connectivity index (χ4v) is 2.03. The molecule has 0 unspecified atom stereocenters. The van der Waals surface area contributed by atoms with Crippen molar-refractivity contribution in [1.82, 2.24) is 0 Å². The van der Waals surface area contributed by atoms with E-state index in [2.05, 4.69) is 0 Å². The molecular formula is C17H20O3. The van der Waals surface area contributed by atoms with Crippen LogP contribution in [0.5, 0.6) is 5.75 Å². The van der Waals surface area contributed by atoms with Crippen molar-refractivity contribution < 1.29 is 14.9 Å². The number of benzene rings is 2. The number of hydrogen-bond donors (Lipinski definition) is 2. The molecule has 0 saturated heterocycles. The van der Waals surface area contributed by atoms with Crippen molar-refractivity contribution in [1.29, 1.82) is 0 Å². The van der Waals surface area contributed by atoms with Gasteiger partial charge in [-0.05, 0) is 37.1 Å². The highest BCUT2D eigenvalue weighted by molar-refractivity contribution is 5.38. The second-order valence-corrected chi connectivity index (χ2v) is 4.98. The highest BCUT2D eigenvalue weighted by Gasteiger charge is 2.09. The quantitative estimate of drug-likeness (QED) is 0.879. The first kappa shape index (κ1) is 14.6. The molecule has 0 amide bonds. The van der Waals surface area contributed by atoms with E-state index in [1.54, 1.807) is 6.92 Å². The molecule has 3 nitrogen and oxygen atoms in total. The summed E-state index contributed by atoms with van der Waals surface area (Å²) in [7, 11) is 0. The summed E-state index contributed by atoms with van der Waals surface area (Å²) in [6, 6.07) is 13.4. The lowest BCUT2D eigenvalue weighted by molar-refractivity contribution is 0.190. The normalized spacial score (nSPS) is 12.2. The van der Waals surface area contributed by atoms with E-state index in [9.17, 15) is 5.11 Å². The standard InChI is InChI=1S/C17H20O3/c1-12-3-8-17(16(9-12)13(2)19)20-11-15-6-4-14(10-18)5-7-15/h3-9,13,18-19H,10-11H2,1-2H3/t13-/m0/s1. The molecule has 0 radical (unpaired) electrons. The van der Waals surface area contributed by atoms with Gasteiger partial charge in [0, 0.05) is 5.56 Å². The zero-order valence-corrected chi connectivity index (χ0v) is 11.8. The summed E-state index contributed by atoms with van der Waals surface area (Å²) in [6.45, 7) is 4.21. The van der Waals surface area contributed by atoms with Crippen LogP contribution in [-0.4, -0.2) is 10.2 Å². The predicted octanol–water partition coefficient (Wildman–Crippen LogP) is 3.12. The minimum atomic E-state index is -0.554. The van der Waals surface area contributed by atoms with Crippen LogP contribution < -0.4 is 4.74 Å². The van der Waals surface area contributed by atoms with Crippen molar-refractivity contribution in [2.24, 2.45) is 0 Å². The van der Waals surface area contributed by atoms with Crippen molar-refractivity contribution in [3.8, 4) is 5.75 Å². The summed E-state index contributed by atoms with van der Waals surface area (Å²) < 4.78 is 5.79. The second-order valence-electron chi connectivity index (χ2n) is 4.98. The molecule has 0 fully saturated rings. The third-order valence-corrected chi connectivity index (χ3v) is 3.22. The lowest BCUT2D eigenvalue weighted by Gasteiger charge is -2.14. The Bertz CT molecular complexity index is 559. The topological polar surface area (TPSA) is 49.7 Å². The zero-order valence-electron chi connectivity index (χ0n) is 11.8. The smallest absolute Gasteiger partial charge is 0.125 e. The van der Waals surface area contributed by atoms with Gasteiger partial charge in [0.1, 0.15) is 12.4 Å². The van der Waals surface area contributed by atoms with Gasteiger partial charge in [0.05, 0.1) is 12.7 Å². The van der Waals surface area contributed by atoms with Crippen LogP contribution in [0.2, 0.25) is 0 Å². The van der Waals surface area contributed by atoms with Crippen molar-refractivity contribution in [3.63, 3.8) is 0 Å². The lowest BCUT2D eigenvalue weighted by Crippen LogP contribution is -2.01. The fraction of sp³-hybridized carbons (Fsp3) is 0.294. The molecular weight excluding hydrogens is 252 g/mol. The van der Waals surface area contributed by atoms with Gasteiger partial charge in [-0.3, -0.25) is 0 Å². The van der Waals surface area contributed by atoms with E-state index in [0.29, 0.717) is 12.4 Å². The number of aliphatic hydroxyl groups excluding tert-OH is 2. The highest BCUT2D eigenvalue weighted by Crippen LogP contribution is 2.27. The second kappa shape index (κ2) is 6.55. The molecule has 0 aliphatic rings. The average Bonchev–Trinajstić information content (AvgIpc) is 2.46. The zero-order chi connectivity index (χ0) is 14.5. The molecule has 0 heterocycles. The van der Waals surface area contributed by atoms with Crippen molar-refractivity contribution in [2.75, 3.05) is 0 Å². The first-order valence-electron chi connectivity index (χ1n) is 6.70. The van der Waals surface area contributed by atoms with Gasteiger partial charge in [-0.2, -0.15) is 0 Å². The Morgan fingerprint density at radius 3 is 2.30 bits per heavy atom. The molecule has 0 bridgehead atoms. The van der Waals surface area contributed by atoms with Crippen LogP contribution in [-0.2, 0) is 13.2 Å². The molecule has 3 heteroatoms. The molecule has 106 valence electrons. The van der Waals surface area contributed by atoms with Crippen LogP contribution in [0.1, 0.15) is 35.3 Å². The monoisotopic (exact) mass is 272 g/mol. The van der Waals surface area contributed by atoms with Gasteiger partial charge in [-0.25, -0.2) is 0 Å². The van der Waals surface area contributed by atoms with Gasteiger partial charge in [-0.15, -0.1) is 0 Å². The number of hydrogen-bond acceptors (Lipinski definition) is 3. The Hall–Kier alpha value is -1.84. The maximum Gasteiger partial charge on any atom is 0.125 e. The number of rotatable bonds is 5. The molecule has 0 aromatic heterocycles. The van der Waals surface area contributed by atoms with Gasteiger partial charge >= 0.3 is 0 Å². The Kier molecular flexibility index (Phi) is 4.77. The Balaban J connectivity index is 2.10. The molecule has 2 N–H and O–H groups in total. The minimum Gasteiger partial charge on any atom is -0.489 e. The third kappa shape index (κ3) is 3.59. The van der Waals surface area contributed by atoms with E-state index in [0.717, 1.165) is 22.3 Å². The SMILES string of the molecule is Cc1ccc(OCc2ccc(CO)cc2)c([C@H](C)O)c1. The first-order chi connectivity index (χ1) is 9.60. The van der Waals surface area contributed by atoms with Gasteiger partial charge < -0.3 is 14.9 Å². The molecule has 2 aromatic carbocycles. The minimum absolute atomic E-state index is 0.0469. The van der Waals surface area contributed by atoms with Crippen LogP contribution in [0.25, 0.3) is 0 Å². The predicted molar refractivity (Wildman–Crippen MR) is 78.5 cm³/mol. The molecule has 20 heavy (non-hydrogen) atoms. The van der Waals surface area contributed by atoms with Gasteiger partial charge in [0.25, 0.3) is 0 Å². The summed E-state index contributed by atoms with van der Waals surface area (Å²) >= 11 is 0. The maximum atomic E-state index is 9.79. The van der Waals surface area contributed by atoms with Gasteiger partial charge in [0.15, 0.2) is 0 Å². The Morgan fingerprint density at radius 2 is 1.70 bits per heavy atom. The number of aryl methyl sites for hydroxylation is 1. The highest BCUT2D eigenvalue weighted by atomic mass is 16.5. The molecule has 0 aliphatic heterocycles. The number of ether oxygens (including phenoxy) is 1. The summed E-state index contributed by atoms with van der Waals surface area (Å²) in [5.74, 6) is 0.705. The molecule has 0 saturated carbocycles. The van der Waals surface area contributed by atoms with Gasteiger partial charge in [-0.1, -0.05) is 35.9 Å². The largest absolute Gasteiger partial charge is 0.489 e. The summed E-state index contributed by atoms with van der Waals surface area (Å²) in [5, 5.41) is 18.8. The Morgan fingerprint density at radius 1 is 1.05 bits per heavy atom. The van der Waals surface area contributed by atoms with E-state index in [1.807, 2.05) is 49.4 Å². The fourth-order valence-electron chi connectivity index (χ4n) is 2.03. The van der Waals surface area contributed by atoms with E-state index in [4.69, 9.17) is 9.84 Å². The molecule has 2 aromatic rings. The van der Waals surface area contributed by atoms with Crippen molar-refractivity contribution >= 4 is 0 Å². The van der Waals surface area contributed by atoms with E-state index in [-0.39, 0.29) is 6.61 Å². The lowest BCUT2D eigenvalue weighted by atomic mass is 10.1. The maximum absolute atomic E-state index is 9.79. The first-order valence-corrected chi connectivity index (χ1v) is 6.70. The van der Waals surface area contributed by atoms with E-state index < -0.39 is 6.10 Å². The van der Waals surface area contributed by atoms with Crippen LogP contribution in [0.3, 0.4) is 0 Å². The van der Waals surface area contributed by atoms with Crippen LogP contribution in [0.4, 0.5) is 0 Å². The van der Waals surface area contributed by atoms with Crippen molar-refractivity contribution in [3.05, 3.63) is 64.7 Å². The van der Waals surface area contributed by atoms with Crippen LogP contribution in [0, 0.1) is 6.92 Å². The third-order valence-electron chi connectivity index (χ3n) is 3.22. The Labute approximate surface area is 119 Å². The van der Waals surface area contributed by atoms with Gasteiger partial charge in [0.2, 0.25) is 0 Å².